The van der Waals surface area contributed by atoms with Crippen molar-refractivity contribution in [1.29, 1.82) is 0 Å². The molecule has 1 aromatic rings. The van der Waals surface area contributed by atoms with Crippen molar-refractivity contribution in [3.8, 4) is 0 Å². The van der Waals surface area contributed by atoms with Gasteiger partial charge in [0.2, 0.25) is 0 Å². The number of hydrogen-bond donors (Lipinski definition) is 1. The van der Waals surface area contributed by atoms with E-state index in [-0.39, 0.29) is 0 Å². The molecular weight excluding hydrogens is 382 g/mol. The van der Waals surface area contributed by atoms with Crippen LogP contribution in [0.1, 0.15) is 30.6 Å². The van der Waals surface area contributed by atoms with Gasteiger partial charge in [0.05, 0.1) is 3.79 Å². The standard InChI is InChI=1S/C12H19Br2NS2/c1-16-7-5-3-2-4-6-15-9-10-8-11(13)12(14)17-10/h8,15H,2-7,9H2,1H3. The molecular formula is C12H19Br2NS2. The number of hydrogen-bond acceptors (Lipinski definition) is 3. The molecule has 1 N–H and O–H groups in total. The van der Waals surface area contributed by atoms with Crippen molar-refractivity contribution >= 4 is 55.0 Å². The first-order valence-corrected chi connectivity index (χ1v) is 9.67. The van der Waals surface area contributed by atoms with E-state index in [4.69, 9.17) is 0 Å². The fourth-order valence-corrected chi connectivity index (χ4v) is 4.18. The van der Waals surface area contributed by atoms with E-state index >= 15 is 0 Å². The highest BCUT2D eigenvalue weighted by molar-refractivity contribution is 9.13. The molecule has 0 aliphatic heterocycles. The van der Waals surface area contributed by atoms with Crippen LogP contribution >= 0.6 is 55.0 Å². The summed E-state index contributed by atoms with van der Waals surface area (Å²) in [6.07, 6.45) is 7.57. The van der Waals surface area contributed by atoms with Gasteiger partial charge in [0, 0.05) is 15.9 Å². The van der Waals surface area contributed by atoms with E-state index in [1.54, 1.807) is 11.3 Å². The molecule has 1 heterocycles. The van der Waals surface area contributed by atoms with Crippen molar-refractivity contribution in [1.82, 2.24) is 5.32 Å². The summed E-state index contributed by atoms with van der Waals surface area (Å²) in [5.74, 6) is 1.31. The average molecular weight is 401 g/mol. The summed E-state index contributed by atoms with van der Waals surface area (Å²) >= 11 is 10.8. The second kappa shape index (κ2) is 9.84. The van der Waals surface area contributed by atoms with Crippen LogP contribution in [0.4, 0.5) is 0 Å². The van der Waals surface area contributed by atoms with Crippen molar-refractivity contribution in [2.24, 2.45) is 0 Å². The fraction of sp³-hybridized carbons (Fsp3) is 0.667. The first-order valence-electron chi connectivity index (χ1n) is 5.87. The maximum Gasteiger partial charge on any atom is 0.0843 e. The third-order valence-electron chi connectivity index (χ3n) is 2.45. The van der Waals surface area contributed by atoms with Gasteiger partial charge in [-0.2, -0.15) is 11.8 Å². The van der Waals surface area contributed by atoms with Crippen LogP contribution < -0.4 is 5.32 Å². The molecule has 1 rings (SSSR count). The number of rotatable bonds is 9. The number of nitrogens with one attached hydrogen (secondary N) is 1. The zero-order valence-electron chi connectivity index (χ0n) is 10.1. The van der Waals surface area contributed by atoms with Crippen LogP contribution in [0.15, 0.2) is 14.3 Å². The SMILES string of the molecule is CSCCCCCCNCc1cc(Br)c(Br)s1. The molecule has 0 saturated carbocycles. The predicted octanol–water partition coefficient (Wildman–Crippen LogP) is 5.29. The van der Waals surface area contributed by atoms with Crippen LogP contribution in [0, 0.1) is 0 Å². The van der Waals surface area contributed by atoms with Crippen LogP contribution in [0.3, 0.4) is 0 Å². The molecule has 1 nitrogen and oxygen atoms in total. The molecule has 0 aliphatic rings. The van der Waals surface area contributed by atoms with Crippen LogP contribution in [-0.2, 0) is 6.54 Å². The minimum Gasteiger partial charge on any atom is -0.312 e. The van der Waals surface area contributed by atoms with Gasteiger partial charge in [0.25, 0.3) is 0 Å². The van der Waals surface area contributed by atoms with E-state index in [1.807, 2.05) is 11.8 Å². The van der Waals surface area contributed by atoms with Crippen LogP contribution in [0.2, 0.25) is 0 Å². The third kappa shape index (κ3) is 7.21. The maximum atomic E-state index is 3.52. The molecule has 17 heavy (non-hydrogen) atoms. The van der Waals surface area contributed by atoms with Crippen molar-refractivity contribution < 1.29 is 0 Å². The highest BCUT2D eigenvalue weighted by Gasteiger charge is 2.02. The van der Waals surface area contributed by atoms with Gasteiger partial charge in [0.15, 0.2) is 0 Å². The van der Waals surface area contributed by atoms with E-state index in [1.165, 1.54) is 40.1 Å². The van der Waals surface area contributed by atoms with Gasteiger partial charge in [-0.15, -0.1) is 11.3 Å². The van der Waals surface area contributed by atoms with Crippen LogP contribution in [0.25, 0.3) is 0 Å². The molecule has 5 heteroatoms. The molecule has 0 saturated heterocycles. The second-order valence-corrected chi connectivity index (χ2v) is 8.21. The number of thiophene rings is 1. The van der Waals surface area contributed by atoms with Gasteiger partial charge in [-0.3, -0.25) is 0 Å². The third-order valence-corrected chi connectivity index (χ3v) is 6.40. The first kappa shape index (κ1) is 16.0. The topological polar surface area (TPSA) is 12.0 Å². The van der Waals surface area contributed by atoms with Crippen molar-refractivity contribution in [2.75, 3.05) is 18.6 Å². The smallest absolute Gasteiger partial charge is 0.0843 e. The Labute approximate surface area is 129 Å². The van der Waals surface area contributed by atoms with Crippen LogP contribution in [-0.4, -0.2) is 18.6 Å². The molecule has 0 aromatic carbocycles. The highest BCUT2D eigenvalue weighted by atomic mass is 79.9. The highest BCUT2D eigenvalue weighted by Crippen LogP contribution is 2.32. The van der Waals surface area contributed by atoms with Crippen LogP contribution in [0.5, 0.6) is 0 Å². The second-order valence-electron chi connectivity index (χ2n) is 3.92. The molecule has 1 aromatic heterocycles. The predicted molar refractivity (Wildman–Crippen MR) is 88.3 cm³/mol. The lowest BCUT2D eigenvalue weighted by Gasteiger charge is -2.02. The zero-order valence-corrected chi connectivity index (χ0v) is 14.9. The van der Waals surface area contributed by atoms with Crippen molar-refractivity contribution in [3.63, 3.8) is 0 Å². The number of unbranched alkanes of at least 4 members (excludes halogenated alkanes) is 3. The van der Waals surface area contributed by atoms with Gasteiger partial charge < -0.3 is 5.32 Å². The summed E-state index contributed by atoms with van der Waals surface area (Å²) in [6.45, 7) is 2.12. The molecule has 0 aliphatic carbocycles. The molecule has 0 atom stereocenters. The summed E-state index contributed by atoms with van der Waals surface area (Å²) in [7, 11) is 0. The summed E-state index contributed by atoms with van der Waals surface area (Å²) in [4.78, 5) is 1.38. The Hall–Kier alpha value is 0.970. The lowest BCUT2D eigenvalue weighted by atomic mass is 10.2. The maximum absolute atomic E-state index is 3.52. The Kier molecular flexibility index (Phi) is 9.28. The molecule has 0 unspecified atom stereocenters. The zero-order chi connectivity index (χ0) is 12.5. The summed E-state index contributed by atoms with van der Waals surface area (Å²) in [5.41, 5.74) is 0. The number of halogens is 2. The minimum atomic E-state index is 0.986. The molecule has 0 spiro atoms. The fourth-order valence-electron chi connectivity index (χ4n) is 1.54. The Bertz CT molecular complexity index is 296. The lowest BCUT2D eigenvalue weighted by molar-refractivity contribution is 0.602. The Morgan fingerprint density at radius 3 is 2.65 bits per heavy atom. The van der Waals surface area contributed by atoms with Gasteiger partial charge in [0.1, 0.15) is 0 Å². The summed E-state index contributed by atoms with van der Waals surface area (Å²) < 4.78 is 2.35. The summed E-state index contributed by atoms with van der Waals surface area (Å²) in [6, 6.07) is 2.18. The van der Waals surface area contributed by atoms with E-state index in [0.29, 0.717) is 0 Å². The van der Waals surface area contributed by atoms with E-state index < -0.39 is 0 Å². The minimum absolute atomic E-state index is 0.986. The molecule has 0 amide bonds. The molecule has 0 bridgehead atoms. The van der Waals surface area contributed by atoms with Gasteiger partial charge in [-0.25, -0.2) is 0 Å². The van der Waals surface area contributed by atoms with E-state index in [9.17, 15) is 0 Å². The van der Waals surface area contributed by atoms with E-state index in [0.717, 1.165) is 17.6 Å². The first-order chi connectivity index (χ1) is 8.24. The quantitative estimate of drug-likeness (QED) is 0.565. The van der Waals surface area contributed by atoms with Crippen molar-refractivity contribution in [3.05, 3.63) is 19.2 Å². The summed E-state index contributed by atoms with van der Waals surface area (Å²) in [5, 5.41) is 3.50. The Balaban J connectivity index is 1.97. The number of thioether (sulfide) groups is 1. The molecule has 98 valence electrons. The normalized spacial score (nSPS) is 11.0. The molecule has 0 fully saturated rings. The van der Waals surface area contributed by atoms with Gasteiger partial charge >= 0.3 is 0 Å². The van der Waals surface area contributed by atoms with Crippen molar-refractivity contribution in [2.45, 2.75) is 32.2 Å². The molecule has 0 radical (unpaired) electrons. The lowest BCUT2D eigenvalue weighted by Crippen LogP contribution is -2.13. The van der Waals surface area contributed by atoms with Gasteiger partial charge in [-0.1, -0.05) is 12.8 Å². The van der Waals surface area contributed by atoms with Gasteiger partial charge in [-0.05, 0) is 69.3 Å². The van der Waals surface area contributed by atoms with E-state index in [2.05, 4.69) is 49.5 Å². The monoisotopic (exact) mass is 399 g/mol. The Morgan fingerprint density at radius 2 is 2.00 bits per heavy atom. The Morgan fingerprint density at radius 1 is 1.24 bits per heavy atom. The average Bonchev–Trinajstić information content (AvgIpc) is 2.62. The largest absolute Gasteiger partial charge is 0.312 e.